The van der Waals surface area contributed by atoms with Gasteiger partial charge in [0.1, 0.15) is 12.2 Å². The van der Waals surface area contributed by atoms with Crippen LogP contribution in [-0.4, -0.2) is 35.4 Å². The normalized spacial score (nSPS) is 13.5. The van der Waals surface area contributed by atoms with Crippen LogP contribution in [-0.2, 0) is 19.1 Å². The smallest absolute Gasteiger partial charge is 0.335 e. The highest BCUT2D eigenvalue weighted by atomic mass is 16.6. The molecule has 0 rings (SSSR count). The van der Waals surface area contributed by atoms with Gasteiger partial charge in [-0.15, -0.1) is 0 Å². The van der Waals surface area contributed by atoms with Crippen molar-refractivity contribution in [1.82, 2.24) is 0 Å². The van der Waals surface area contributed by atoms with Gasteiger partial charge in [-0.05, 0) is 51.4 Å². The quantitative estimate of drug-likeness (QED) is 0.0591. The summed E-state index contributed by atoms with van der Waals surface area (Å²) in [6.45, 7) is 8.90. The van der Waals surface area contributed by atoms with Crippen molar-refractivity contribution in [3.8, 4) is 0 Å². The molecule has 3 unspecified atom stereocenters. The molecule has 0 spiro atoms. The summed E-state index contributed by atoms with van der Waals surface area (Å²) in [6.07, 6.45) is 30.2. The van der Waals surface area contributed by atoms with E-state index in [4.69, 9.17) is 9.47 Å². The van der Waals surface area contributed by atoms with Crippen molar-refractivity contribution in [1.29, 1.82) is 0 Å². The van der Waals surface area contributed by atoms with E-state index in [0.717, 1.165) is 70.6 Å². The SMILES string of the molecule is CCCCCCCCCC(CCCCCCC)OC(=O)CC(O)C(=O)OC(CCCCCCC)CCCCCCCCC. The van der Waals surface area contributed by atoms with Crippen molar-refractivity contribution < 1.29 is 24.2 Å². The third-order valence-electron chi connectivity index (χ3n) is 8.73. The summed E-state index contributed by atoms with van der Waals surface area (Å²) in [5.74, 6) is -1.14. The average molecular weight is 611 g/mol. The molecule has 0 amide bonds. The molecule has 5 nitrogen and oxygen atoms in total. The fourth-order valence-electron chi connectivity index (χ4n) is 5.85. The average Bonchev–Trinajstić information content (AvgIpc) is 2.99. The minimum Gasteiger partial charge on any atom is -0.462 e. The molecule has 5 heteroatoms. The molecule has 0 bridgehead atoms. The van der Waals surface area contributed by atoms with E-state index in [1.165, 1.54) is 109 Å². The third kappa shape index (κ3) is 28.1. The minimum atomic E-state index is -1.45. The number of hydrogen-bond acceptors (Lipinski definition) is 5. The number of carbonyl (C=O) groups is 2. The van der Waals surface area contributed by atoms with E-state index in [-0.39, 0.29) is 18.6 Å². The molecule has 0 saturated carbocycles. The summed E-state index contributed by atoms with van der Waals surface area (Å²) in [5.41, 5.74) is 0. The van der Waals surface area contributed by atoms with E-state index in [1.54, 1.807) is 0 Å². The summed E-state index contributed by atoms with van der Waals surface area (Å²) in [7, 11) is 0. The lowest BCUT2D eigenvalue weighted by Gasteiger charge is -2.21. The van der Waals surface area contributed by atoms with Crippen molar-refractivity contribution in [2.45, 2.75) is 232 Å². The Bertz CT molecular complexity index is 607. The molecule has 1 N–H and O–H groups in total. The van der Waals surface area contributed by atoms with Gasteiger partial charge in [0.15, 0.2) is 6.10 Å². The lowest BCUT2D eigenvalue weighted by molar-refractivity contribution is -0.166. The zero-order valence-electron chi connectivity index (χ0n) is 29.3. The van der Waals surface area contributed by atoms with E-state index in [2.05, 4.69) is 27.7 Å². The third-order valence-corrected chi connectivity index (χ3v) is 8.73. The molecule has 0 aromatic heterocycles. The molecule has 256 valence electrons. The van der Waals surface area contributed by atoms with Gasteiger partial charge >= 0.3 is 11.9 Å². The standard InChI is InChI=1S/C38H74O5/c1-5-9-13-17-19-23-27-30-34(29-25-21-15-11-7-3)42-37(40)33-36(39)38(41)43-35(31-26-22-16-12-8-4)32-28-24-20-18-14-10-6-2/h34-36,39H,5-33H2,1-4H3. The summed E-state index contributed by atoms with van der Waals surface area (Å²) in [4.78, 5) is 25.6. The predicted molar refractivity (Wildman–Crippen MR) is 182 cm³/mol. The topological polar surface area (TPSA) is 72.8 Å². The van der Waals surface area contributed by atoms with E-state index in [0.29, 0.717) is 0 Å². The molecule has 0 aliphatic heterocycles. The van der Waals surface area contributed by atoms with Crippen LogP contribution >= 0.6 is 0 Å². The lowest BCUT2D eigenvalue weighted by Crippen LogP contribution is -2.31. The highest BCUT2D eigenvalue weighted by Gasteiger charge is 2.26. The number of aliphatic hydroxyl groups excluding tert-OH is 1. The molecule has 0 heterocycles. The molecule has 0 radical (unpaired) electrons. The summed E-state index contributed by atoms with van der Waals surface area (Å²) >= 11 is 0. The van der Waals surface area contributed by atoms with E-state index < -0.39 is 18.0 Å². The van der Waals surface area contributed by atoms with Crippen LogP contribution in [0.15, 0.2) is 0 Å². The van der Waals surface area contributed by atoms with Crippen LogP contribution in [0.25, 0.3) is 0 Å². The number of rotatable bonds is 33. The Kier molecular flexibility index (Phi) is 31.5. The van der Waals surface area contributed by atoms with Crippen LogP contribution in [0.2, 0.25) is 0 Å². The minimum absolute atomic E-state index is 0.124. The van der Waals surface area contributed by atoms with Gasteiger partial charge in [0.25, 0.3) is 0 Å². The Labute approximate surface area is 268 Å². The first-order valence-corrected chi connectivity index (χ1v) is 19.1. The monoisotopic (exact) mass is 611 g/mol. The fourth-order valence-corrected chi connectivity index (χ4v) is 5.85. The van der Waals surface area contributed by atoms with Crippen LogP contribution in [0, 0.1) is 0 Å². The zero-order chi connectivity index (χ0) is 31.8. The Morgan fingerprint density at radius 2 is 0.721 bits per heavy atom. The first-order valence-electron chi connectivity index (χ1n) is 19.1. The van der Waals surface area contributed by atoms with Gasteiger partial charge in [-0.2, -0.15) is 0 Å². The van der Waals surface area contributed by atoms with Gasteiger partial charge in [0.05, 0.1) is 6.42 Å². The first kappa shape index (κ1) is 41.9. The highest BCUT2D eigenvalue weighted by molar-refractivity contribution is 5.81. The number of hydrogen-bond donors (Lipinski definition) is 1. The summed E-state index contributed by atoms with van der Waals surface area (Å²) in [6, 6.07) is 0. The van der Waals surface area contributed by atoms with Crippen molar-refractivity contribution in [2.24, 2.45) is 0 Å². The zero-order valence-corrected chi connectivity index (χ0v) is 29.3. The Morgan fingerprint density at radius 1 is 0.442 bits per heavy atom. The van der Waals surface area contributed by atoms with Crippen LogP contribution in [0.5, 0.6) is 0 Å². The Hall–Kier alpha value is -1.10. The molecule has 0 aromatic carbocycles. The summed E-state index contributed by atoms with van der Waals surface area (Å²) < 4.78 is 11.6. The Balaban J connectivity index is 4.74. The van der Waals surface area contributed by atoms with Crippen molar-refractivity contribution >= 4 is 11.9 Å². The Morgan fingerprint density at radius 3 is 1.05 bits per heavy atom. The largest absolute Gasteiger partial charge is 0.462 e. The van der Waals surface area contributed by atoms with Gasteiger partial charge in [-0.25, -0.2) is 4.79 Å². The second-order valence-electron chi connectivity index (χ2n) is 13.1. The van der Waals surface area contributed by atoms with E-state index in [1.807, 2.05) is 0 Å². The van der Waals surface area contributed by atoms with Crippen molar-refractivity contribution in [2.75, 3.05) is 0 Å². The van der Waals surface area contributed by atoms with Crippen molar-refractivity contribution in [3.05, 3.63) is 0 Å². The van der Waals surface area contributed by atoms with Gasteiger partial charge in [0.2, 0.25) is 0 Å². The number of esters is 2. The second kappa shape index (κ2) is 32.3. The van der Waals surface area contributed by atoms with Crippen LogP contribution in [0.4, 0.5) is 0 Å². The number of carbonyl (C=O) groups excluding carboxylic acids is 2. The molecule has 0 aliphatic carbocycles. The van der Waals surface area contributed by atoms with Gasteiger partial charge < -0.3 is 14.6 Å². The highest BCUT2D eigenvalue weighted by Crippen LogP contribution is 2.20. The second-order valence-corrected chi connectivity index (χ2v) is 13.1. The molecule has 3 atom stereocenters. The number of unbranched alkanes of at least 4 members (excludes halogenated alkanes) is 20. The van der Waals surface area contributed by atoms with Gasteiger partial charge in [-0.3, -0.25) is 4.79 Å². The molecule has 0 saturated heterocycles. The maximum atomic E-state index is 12.8. The molecular formula is C38H74O5. The van der Waals surface area contributed by atoms with E-state index >= 15 is 0 Å². The lowest BCUT2D eigenvalue weighted by atomic mass is 10.0. The molecule has 0 fully saturated rings. The fraction of sp³-hybridized carbons (Fsp3) is 0.947. The van der Waals surface area contributed by atoms with E-state index in [9.17, 15) is 14.7 Å². The number of ether oxygens (including phenoxy) is 2. The molecule has 0 aromatic rings. The molecule has 43 heavy (non-hydrogen) atoms. The van der Waals surface area contributed by atoms with Gasteiger partial charge in [0, 0.05) is 0 Å². The number of aliphatic hydroxyl groups is 1. The maximum absolute atomic E-state index is 12.8. The molecular weight excluding hydrogens is 536 g/mol. The van der Waals surface area contributed by atoms with Crippen LogP contribution < -0.4 is 0 Å². The maximum Gasteiger partial charge on any atom is 0.335 e. The first-order chi connectivity index (χ1) is 21.0. The van der Waals surface area contributed by atoms with Crippen molar-refractivity contribution in [3.63, 3.8) is 0 Å². The van der Waals surface area contributed by atoms with Gasteiger partial charge in [-0.1, -0.05) is 156 Å². The summed E-state index contributed by atoms with van der Waals surface area (Å²) in [5, 5.41) is 10.6. The predicted octanol–water partition coefficient (Wildman–Crippen LogP) is 11.6. The van der Waals surface area contributed by atoms with Crippen LogP contribution in [0.1, 0.15) is 214 Å². The van der Waals surface area contributed by atoms with Crippen LogP contribution in [0.3, 0.4) is 0 Å². The molecule has 0 aliphatic rings.